The van der Waals surface area contributed by atoms with Gasteiger partial charge in [0.1, 0.15) is 23.1 Å². The van der Waals surface area contributed by atoms with Crippen molar-refractivity contribution in [3.63, 3.8) is 0 Å². The van der Waals surface area contributed by atoms with E-state index in [4.69, 9.17) is 15.2 Å². The fourth-order valence-corrected chi connectivity index (χ4v) is 3.00. The number of anilines is 3. The number of ether oxygens (including phenoxy) is 2. The molecule has 0 radical (unpaired) electrons. The van der Waals surface area contributed by atoms with Crippen LogP contribution in [-0.2, 0) is 0 Å². The lowest BCUT2D eigenvalue weighted by Crippen LogP contribution is -1.95. The van der Waals surface area contributed by atoms with E-state index < -0.39 is 0 Å². The van der Waals surface area contributed by atoms with Crippen LogP contribution >= 0.6 is 0 Å². The molecule has 0 unspecified atom stereocenters. The molecular formula is C24H21N3O2. The molecule has 0 aliphatic carbocycles. The van der Waals surface area contributed by atoms with Gasteiger partial charge in [0, 0.05) is 18.0 Å². The number of nitrogens with two attached hydrogens (primary N) is 1. The zero-order valence-electron chi connectivity index (χ0n) is 16.0. The van der Waals surface area contributed by atoms with Crippen molar-refractivity contribution in [1.82, 2.24) is 4.98 Å². The summed E-state index contributed by atoms with van der Waals surface area (Å²) in [4.78, 5) is 4.42. The minimum Gasteiger partial charge on any atom is -0.495 e. The van der Waals surface area contributed by atoms with E-state index in [-0.39, 0.29) is 0 Å². The highest BCUT2D eigenvalue weighted by molar-refractivity contribution is 5.73. The minimum atomic E-state index is 0.599. The molecule has 0 amide bonds. The number of hydrogen-bond donors (Lipinski definition) is 2. The molecule has 144 valence electrons. The van der Waals surface area contributed by atoms with Gasteiger partial charge in [-0.2, -0.15) is 0 Å². The predicted molar refractivity (Wildman–Crippen MR) is 117 cm³/mol. The number of aromatic nitrogens is 1. The quantitative estimate of drug-likeness (QED) is 0.407. The first-order valence-electron chi connectivity index (χ1n) is 9.21. The number of hydrogen-bond acceptors (Lipinski definition) is 5. The van der Waals surface area contributed by atoms with E-state index in [1.165, 1.54) is 0 Å². The first-order valence-corrected chi connectivity index (χ1v) is 9.21. The van der Waals surface area contributed by atoms with Crippen LogP contribution in [-0.4, -0.2) is 12.1 Å². The Bertz CT molecular complexity index is 1110. The first-order chi connectivity index (χ1) is 14.2. The Morgan fingerprint density at radius 2 is 1.59 bits per heavy atom. The van der Waals surface area contributed by atoms with Crippen LogP contribution < -0.4 is 20.5 Å². The number of para-hydroxylation sites is 1. The molecule has 4 aromatic rings. The topological polar surface area (TPSA) is 69.4 Å². The highest BCUT2D eigenvalue weighted by atomic mass is 16.5. The Labute approximate surface area is 169 Å². The zero-order chi connectivity index (χ0) is 20.1. The van der Waals surface area contributed by atoms with Gasteiger partial charge in [-0.1, -0.05) is 30.3 Å². The molecule has 0 bridgehead atoms. The van der Waals surface area contributed by atoms with Crippen molar-refractivity contribution < 1.29 is 9.47 Å². The second-order valence-electron chi connectivity index (χ2n) is 6.45. The summed E-state index contributed by atoms with van der Waals surface area (Å²) in [5, 5.41) is 3.33. The van der Waals surface area contributed by atoms with Gasteiger partial charge < -0.3 is 20.5 Å². The third kappa shape index (κ3) is 4.47. The zero-order valence-corrected chi connectivity index (χ0v) is 16.0. The summed E-state index contributed by atoms with van der Waals surface area (Å²) in [6.07, 6.45) is 1.77. The molecule has 5 heteroatoms. The Balaban J connectivity index is 1.54. The predicted octanol–water partition coefficient (Wildman–Crippen LogP) is 5.88. The Morgan fingerprint density at radius 1 is 0.793 bits per heavy atom. The summed E-state index contributed by atoms with van der Waals surface area (Å²) >= 11 is 0. The van der Waals surface area contributed by atoms with Crippen molar-refractivity contribution in [3.8, 4) is 28.4 Å². The Hall–Kier alpha value is -3.99. The third-order valence-electron chi connectivity index (χ3n) is 4.41. The number of rotatable bonds is 6. The van der Waals surface area contributed by atoms with E-state index in [0.717, 1.165) is 34.1 Å². The lowest BCUT2D eigenvalue weighted by Gasteiger charge is -2.11. The van der Waals surface area contributed by atoms with Gasteiger partial charge in [-0.25, -0.2) is 4.98 Å². The molecule has 0 saturated heterocycles. The fraction of sp³-hybridized carbons (Fsp3) is 0.0417. The molecule has 1 heterocycles. The monoisotopic (exact) mass is 383 g/mol. The van der Waals surface area contributed by atoms with Crippen LogP contribution in [0, 0.1) is 0 Å². The average Bonchev–Trinajstić information content (AvgIpc) is 2.75. The molecule has 3 aromatic carbocycles. The van der Waals surface area contributed by atoms with Gasteiger partial charge in [0.05, 0.1) is 12.8 Å². The molecular weight excluding hydrogens is 362 g/mol. The molecule has 0 fully saturated rings. The SMILES string of the molecule is COc1ccc(-c2ccnc(Nc3cccc(Oc4ccccc4)c3)c2)cc1N. The van der Waals surface area contributed by atoms with Crippen LogP contribution in [0.15, 0.2) is 91.1 Å². The second-order valence-corrected chi connectivity index (χ2v) is 6.45. The smallest absolute Gasteiger partial charge is 0.141 e. The summed E-state index contributed by atoms with van der Waals surface area (Å²) in [5.41, 5.74) is 9.53. The standard InChI is InChI=1S/C24H21N3O2/c1-28-23-11-10-17(14-22(23)25)18-12-13-26-24(15-18)27-19-6-5-9-21(16-19)29-20-7-3-2-4-8-20/h2-16H,25H2,1H3,(H,26,27). The van der Waals surface area contributed by atoms with E-state index in [2.05, 4.69) is 10.3 Å². The number of benzene rings is 3. The van der Waals surface area contributed by atoms with Crippen molar-refractivity contribution >= 4 is 17.2 Å². The van der Waals surface area contributed by atoms with Gasteiger partial charge in [-0.15, -0.1) is 0 Å². The largest absolute Gasteiger partial charge is 0.495 e. The first kappa shape index (κ1) is 18.4. The maximum absolute atomic E-state index is 6.04. The summed E-state index contributed by atoms with van der Waals surface area (Å²) < 4.78 is 11.1. The van der Waals surface area contributed by atoms with Crippen LogP contribution in [0.3, 0.4) is 0 Å². The maximum atomic E-state index is 6.04. The minimum absolute atomic E-state index is 0.599. The van der Waals surface area contributed by atoms with E-state index in [1.807, 2.05) is 84.9 Å². The summed E-state index contributed by atoms with van der Waals surface area (Å²) in [5.74, 6) is 2.94. The molecule has 0 aliphatic heterocycles. The van der Waals surface area contributed by atoms with Crippen LogP contribution in [0.4, 0.5) is 17.2 Å². The number of pyridine rings is 1. The fourth-order valence-electron chi connectivity index (χ4n) is 3.00. The Kier molecular flexibility index (Phi) is 5.29. The van der Waals surface area contributed by atoms with Crippen molar-refractivity contribution in [1.29, 1.82) is 0 Å². The van der Waals surface area contributed by atoms with E-state index in [9.17, 15) is 0 Å². The molecule has 1 aromatic heterocycles. The third-order valence-corrected chi connectivity index (χ3v) is 4.41. The summed E-state index contributed by atoms with van der Waals surface area (Å²) in [7, 11) is 1.61. The van der Waals surface area contributed by atoms with E-state index in [0.29, 0.717) is 11.4 Å². The highest BCUT2D eigenvalue weighted by Gasteiger charge is 2.06. The van der Waals surface area contributed by atoms with Gasteiger partial charge in [0.25, 0.3) is 0 Å². The van der Waals surface area contributed by atoms with Crippen LogP contribution in [0.5, 0.6) is 17.2 Å². The van der Waals surface area contributed by atoms with Crippen molar-refractivity contribution in [2.75, 3.05) is 18.2 Å². The van der Waals surface area contributed by atoms with Crippen LogP contribution in [0.2, 0.25) is 0 Å². The molecule has 0 saturated carbocycles. The van der Waals surface area contributed by atoms with Gasteiger partial charge >= 0.3 is 0 Å². The average molecular weight is 383 g/mol. The number of nitrogens with zero attached hydrogens (tertiary/aromatic N) is 1. The second kappa shape index (κ2) is 8.35. The Morgan fingerprint density at radius 3 is 2.38 bits per heavy atom. The number of nitrogens with one attached hydrogen (secondary N) is 1. The summed E-state index contributed by atoms with van der Waals surface area (Å²) in [6.45, 7) is 0. The molecule has 29 heavy (non-hydrogen) atoms. The van der Waals surface area contributed by atoms with Gasteiger partial charge in [0.15, 0.2) is 0 Å². The maximum Gasteiger partial charge on any atom is 0.141 e. The molecule has 5 nitrogen and oxygen atoms in total. The van der Waals surface area contributed by atoms with Crippen LogP contribution in [0.25, 0.3) is 11.1 Å². The van der Waals surface area contributed by atoms with E-state index in [1.54, 1.807) is 13.3 Å². The normalized spacial score (nSPS) is 10.4. The van der Waals surface area contributed by atoms with Crippen molar-refractivity contribution in [2.24, 2.45) is 0 Å². The molecule has 0 spiro atoms. The van der Waals surface area contributed by atoms with E-state index >= 15 is 0 Å². The number of nitrogen functional groups attached to an aromatic ring is 1. The van der Waals surface area contributed by atoms with Gasteiger partial charge in [-0.3, -0.25) is 0 Å². The molecule has 0 aliphatic rings. The highest BCUT2D eigenvalue weighted by Crippen LogP contribution is 2.30. The van der Waals surface area contributed by atoms with Gasteiger partial charge in [0.2, 0.25) is 0 Å². The molecule has 4 rings (SSSR count). The summed E-state index contributed by atoms with van der Waals surface area (Å²) in [6, 6.07) is 27.1. The molecule has 3 N–H and O–H groups in total. The lowest BCUT2D eigenvalue weighted by molar-refractivity contribution is 0.417. The number of methoxy groups -OCH3 is 1. The van der Waals surface area contributed by atoms with Gasteiger partial charge in [-0.05, 0) is 59.7 Å². The van der Waals surface area contributed by atoms with Crippen molar-refractivity contribution in [2.45, 2.75) is 0 Å². The lowest BCUT2D eigenvalue weighted by atomic mass is 10.1. The van der Waals surface area contributed by atoms with Crippen LogP contribution in [0.1, 0.15) is 0 Å². The van der Waals surface area contributed by atoms with Crippen molar-refractivity contribution in [3.05, 3.63) is 91.1 Å². The molecule has 0 atom stereocenters.